The Hall–Kier alpha value is -1.16. The van der Waals surface area contributed by atoms with E-state index in [-0.39, 0.29) is 30.0 Å². The maximum absolute atomic E-state index is 4.68. The molecule has 2 aromatic rings. The predicted octanol–water partition coefficient (Wildman–Crippen LogP) is 3.36. The van der Waals surface area contributed by atoms with Crippen molar-refractivity contribution >= 4 is 41.3 Å². The lowest BCUT2D eigenvalue weighted by Crippen LogP contribution is -2.43. The molecule has 2 heterocycles. The molecule has 0 spiro atoms. The van der Waals surface area contributed by atoms with Gasteiger partial charge in [0.2, 0.25) is 0 Å². The van der Waals surface area contributed by atoms with Crippen LogP contribution in [0.25, 0.3) is 0 Å². The lowest BCUT2D eigenvalue weighted by molar-refractivity contribution is 0.635. The first-order chi connectivity index (χ1) is 11.9. The zero-order chi connectivity index (χ0) is 18.4. The molecule has 26 heavy (non-hydrogen) atoms. The number of thiazole rings is 1. The fourth-order valence-electron chi connectivity index (χ4n) is 2.75. The van der Waals surface area contributed by atoms with Crippen LogP contribution in [0.4, 0.5) is 0 Å². The first kappa shape index (κ1) is 22.9. The van der Waals surface area contributed by atoms with Gasteiger partial charge in [-0.1, -0.05) is 6.92 Å². The van der Waals surface area contributed by atoms with E-state index in [4.69, 9.17) is 0 Å². The average Bonchev–Trinajstić information content (AvgIpc) is 3.13. The van der Waals surface area contributed by atoms with Crippen molar-refractivity contribution in [1.82, 2.24) is 25.4 Å². The molecule has 0 radical (unpaired) electrons. The lowest BCUT2D eigenvalue weighted by Gasteiger charge is -2.18. The quantitative estimate of drug-likeness (QED) is 0.355. The molecule has 0 fully saturated rings. The van der Waals surface area contributed by atoms with Crippen LogP contribution in [-0.2, 0) is 26.4 Å². The second-order valence-corrected chi connectivity index (χ2v) is 7.49. The standard InChI is InChI=1S/C18H30N6S.HI/c1-7-15-10-20-17(25-15)11-21-18(19-8-2)22-12(3)9-16-13(4)23-24(6)14(16)5;/h10,12H,7-9,11H2,1-6H3,(H2,19,21,22);1H. The maximum Gasteiger partial charge on any atom is 0.191 e. The van der Waals surface area contributed by atoms with E-state index in [1.54, 1.807) is 11.3 Å². The molecule has 0 saturated carbocycles. The van der Waals surface area contributed by atoms with Gasteiger partial charge in [-0.2, -0.15) is 5.10 Å². The first-order valence-electron chi connectivity index (χ1n) is 8.92. The highest BCUT2D eigenvalue weighted by Crippen LogP contribution is 2.15. The number of aliphatic imine (C=N–C) groups is 1. The van der Waals surface area contributed by atoms with Crippen molar-refractivity contribution in [3.8, 4) is 0 Å². The minimum absolute atomic E-state index is 0. The monoisotopic (exact) mass is 490 g/mol. The molecule has 0 aliphatic rings. The Bertz CT molecular complexity index is 721. The van der Waals surface area contributed by atoms with Gasteiger partial charge < -0.3 is 10.6 Å². The van der Waals surface area contributed by atoms with E-state index in [1.807, 2.05) is 17.9 Å². The number of hydrogen-bond acceptors (Lipinski definition) is 4. The van der Waals surface area contributed by atoms with Gasteiger partial charge in [-0.05, 0) is 46.1 Å². The fourth-order valence-corrected chi connectivity index (χ4v) is 3.54. The van der Waals surface area contributed by atoms with E-state index in [9.17, 15) is 0 Å². The zero-order valence-electron chi connectivity index (χ0n) is 16.6. The second kappa shape index (κ2) is 10.9. The van der Waals surface area contributed by atoms with Crippen molar-refractivity contribution in [3.05, 3.63) is 33.0 Å². The Kier molecular flexibility index (Phi) is 9.56. The van der Waals surface area contributed by atoms with Gasteiger partial charge in [0.1, 0.15) is 5.01 Å². The number of nitrogens with zero attached hydrogens (tertiary/aromatic N) is 4. The fraction of sp³-hybridized carbons (Fsp3) is 0.611. The molecular weight excluding hydrogens is 459 g/mol. The van der Waals surface area contributed by atoms with E-state index in [2.05, 4.69) is 60.3 Å². The normalized spacial score (nSPS) is 12.6. The number of aryl methyl sites for hydroxylation is 3. The molecule has 6 nitrogen and oxygen atoms in total. The zero-order valence-corrected chi connectivity index (χ0v) is 19.7. The third kappa shape index (κ3) is 6.22. The van der Waals surface area contributed by atoms with E-state index in [1.165, 1.54) is 16.1 Å². The summed E-state index contributed by atoms with van der Waals surface area (Å²) in [6, 6.07) is 0.266. The number of guanidine groups is 1. The molecule has 8 heteroatoms. The number of hydrogen-bond donors (Lipinski definition) is 2. The van der Waals surface area contributed by atoms with Crippen molar-refractivity contribution in [1.29, 1.82) is 0 Å². The Morgan fingerprint density at radius 2 is 2.08 bits per heavy atom. The molecule has 2 aromatic heterocycles. The minimum Gasteiger partial charge on any atom is -0.357 e. The Morgan fingerprint density at radius 1 is 1.35 bits per heavy atom. The molecule has 0 saturated heterocycles. The number of rotatable bonds is 7. The summed E-state index contributed by atoms with van der Waals surface area (Å²) in [5.74, 6) is 0.836. The van der Waals surface area contributed by atoms with Crippen LogP contribution in [0.1, 0.15) is 47.6 Å². The topological polar surface area (TPSA) is 67.1 Å². The third-order valence-corrected chi connectivity index (χ3v) is 5.35. The molecule has 1 atom stereocenters. The lowest BCUT2D eigenvalue weighted by atomic mass is 10.1. The van der Waals surface area contributed by atoms with E-state index >= 15 is 0 Å². The van der Waals surface area contributed by atoms with Gasteiger partial charge in [-0.15, -0.1) is 35.3 Å². The molecule has 146 valence electrons. The molecule has 2 rings (SSSR count). The molecule has 0 bridgehead atoms. The van der Waals surface area contributed by atoms with Gasteiger partial charge in [0, 0.05) is 36.4 Å². The summed E-state index contributed by atoms with van der Waals surface area (Å²) in [6.45, 7) is 12.0. The van der Waals surface area contributed by atoms with Crippen LogP contribution in [0.15, 0.2) is 11.2 Å². The molecule has 0 amide bonds. The van der Waals surface area contributed by atoms with Crippen LogP contribution >= 0.6 is 35.3 Å². The number of aromatic nitrogens is 3. The highest BCUT2D eigenvalue weighted by Gasteiger charge is 2.14. The van der Waals surface area contributed by atoms with Gasteiger partial charge in [0.05, 0.1) is 12.2 Å². The van der Waals surface area contributed by atoms with Gasteiger partial charge in [-0.3, -0.25) is 4.68 Å². The Balaban J connectivity index is 0.00000338. The van der Waals surface area contributed by atoms with Crippen LogP contribution in [0, 0.1) is 13.8 Å². The third-order valence-electron chi connectivity index (χ3n) is 4.22. The molecule has 0 aromatic carbocycles. The summed E-state index contributed by atoms with van der Waals surface area (Å²) < 4.78 is 1.95. The van der Waals surface area contributed by atoms with Crippen LogP contribution in [0.5, 0.6) is 0 Å². The molecular formula is C18H31IN6S. The first-order valence-corrected chi connectivity index (χ1v) is 9.73. The van der Waals surface area contributed by atoms with Gasteiger partial charge in [0.15, 0.2) is 5.96 Å². The Labute approximate surface area is 177 Å². The predicted molar refractivity (Wildman–Crippen MR) is 121 cm³/mol. The minimum atomic E-state index is 0. The van der Waals surface area contributed by atoms with Crippen molar-refractivity contribution in [2.24, 2.45) is 12.0 Å². The Morgan fingerprint density at radius 3 is 2.62 bits per heavy atom. The van der Waals surface area contributed by atoms with Crippen molar-refractivity contribution in [2.75, 3.05) is 6.54 Å². The van der Waals surface area contributed by atoms with Crippen LogP contribution in [-0.4, -0.2) is 33.3 Å². The van der Waals surface area contributed by atoms with Crippen LogP contribution < -0.4 is 10.6 Å². The summed E-state index contributed by atoms with van der Waals surface area (Å²) in [5, 5.41) is 12.4. The van der Waals surface area contributed by atoms with Crippen molar-refractivity contribution < 1.29 is 0 Å². The summed E-state index contributed by atoms with van der Waals surface area (Å²) in [6.07, 6.45) is 3.90. The van der Waals surface area contributed by atoms with E-state index in [0.717, 1.165) is 36.0 Å². The highest BCUT2D eigenvalue weighted by molar-refractivity contribution is 14.0. The van der Waals surface area contributed by atoms with E-state index in [0.29, 0.717) is 6.54 Å². The molecule has 0 aliphatic heterocycles. The van der Waals surface area contributed by atoms with Gasteiger partial charge >= 0.3 is 0 Å². The summed E-state index contributed by atoms with van der Waals surface area (Å²) >= 11 is 1.74. The summed E-state index contributed by atoms with van der Waals surface area (Å²) in [5.41, 5.74) is 3.64. The van der Waals surface area contributed by atoms with E-state index < -0.39 is 0 Å². The van der Waals surface area contributed by atoms with Crippen LogP contribution in [0.2, 0.25) is 0 Å². The maximum atomic E-state index is 4.68. The summed E-state index contributed by atoms with van der Waals surface area (Å²) in [4.78, 5) is 10.4. The molecule has 2 N–H and O–H groups in total. The number of halogens is 1. The average molecular weight is 490 g/mol. The SMILES string of the molecule is CCNC(=NCc1ncc(CC)s1)NC(C)Cc1c(C)nn(C)c1C.I. The van der Waals surface area contributed by atoms with Crippen molar-refractivity contribution in [3.63, 3.8) is 0 Å². The second-order valence-electron chi connectivity index (χ2n) is 6.29. The molecule has 0 aliphatic carbocycles. The largest absolute Gasteiger partial charge is 0.357 e. The summed E-state index contributed by atoms with van der Waals surface area (Å²) in [7, 11) is 1.99. The molecule has 1 unspecified atom stereocenters. The smallest absolute Gasteiger partial charge is 0.191 e. The van der Waals surface area contributed by atoms with Gasteiger partial charge in [-0.25, -0.2) is 9.98 Å². The van der Waals surface area contributed by atoms with Gasteiger partial charge in [0.25, 0.3) is 0 Å². The van der Waals surface area contributed by atoms with Crippen molar-refractivity contribution in [2.45, 2.75) is 60.0 Å². The highest BCUT2D eigenvalue weighted by atomic mass is 127. The van der Waals surface area contributed by atoms with Crippen LogP contribution in [0.3, 0.4) is 0 Å². The number of nitrogens with one attached hydrogen (secondary N) is 2.